The van der Waals surface area contributed by atoms with Gasteiger partial charge in [0.2, 0.25) is 5.91 Å². The molecule has 0 bridgehead atoms. The molecule has 0 radical (unpaired) electrons. The quantitative estimate of drug-likeness (QED) is 0.607. The lowest BCUT2D eigenvalue weighted by Crippen LogP contribution is -2.45. The Morgan fingerprint density at radius 1 is 1.06 bits per heavy atom. The number of benzene rings is 1. The van der Waals surface area contributed by atoms with Crippen LogP contribution in [0.2, 0.25) is 0 Å². The van der Waals surface area contributed by atoms with E-state index >= 15 is 0 Å². The smallest absolute Gasteiger partial charge is 0.416 e. The van der Waals surface area contributed by atoms with E-state index in [1.807, 2.05) is 0 Å². The Morgan fingerprint density at radius 3 is 2.38 bits per heavy atom. The van der Waals surface area contributed by atoms with Crippen LogP contribution in [-0.2, 0) is 22.3 Å². The SMILES string of the molecule is O=C(CN(C(=O)c1ccc(C(F)(F)F)cc1)C1CC1)N(Cc1ccco1)CC1CCCO1. The highest BCUT2D eigenvalue weighted by Crippen LogP contribution is 2.31. The minimum absolute atomic E-state index is 0.0612. The molecule has 1 aromatic carbocycles. The van der Waals surface area contributed by atoms with Gasteiger partial charge in [-0.3, -0.25) is 9.59 Å². The molecule has 2 aromatic rings. The normalized spacial score (nSPS) is 18.5. The van der Waals surface area contributed by atoms with Crippen LogP contribution in [0.4, 0.5) is 13.2 Å². The average molecular weight is 450 g/mol. The lowest BCUT2D eigenvalue weighted by molar-refractivity contribution is -0.137. The van der Waals surface area contributed by atoms with Crippen LogP contribution in [-0.4, -0.2) is 53.5 Å². The lowest BCUT2D eigenvalue weighted by atomic mass is 10.1. The molecule has 2 aliphatic rings. The number of hydrogen-bond donors (Lipinski definition) is 0. The molecule has 1 unspecified atom stereocenters. The molecule has 1 aliphatic heterocycles. The number of alkyl halides is 3. The first-order chi connectivity index (χ1) is 15.3. The summed E-state index contributed by atoms with van der Waals surface area (Å²) in [5.74, 6) is -0.0583. The van der Waals surface area contributed by atoms with E-state index in [1.54, 1.807) is 17.0 Å². The van der Waals surface area contributed by atoms with Crippen LogP contribution in [0.25, 0.3) is 0 Å². The predicted octanol–water partition coefficient (Wildman–Crippen LogP) is 4.11. The van der Waals surface area contributed by atoms with Gasteiger partial charge >= 0.3 is 6.18 Å². The van der Waals surface area contributed by atoms with Gasteiger partial charge < -0.3 is 19.0 Å². The van der Waals surface area contributed by atoms with Crippen molar-refractivity contribution in [1.29, 1.82) is 0 Å². The molecule has 2 fully saturated rings. The molecule has 172 valence electrons. The van der Waals surface area contributed by atoms with Crippen molar-refractivity contribution >= 4 is 11.8 Å². The van der Waals surface area contributed by atoms with Crippen molar-refractivity contribution in [2.45, 2.75) is 50.6 Å². The number of ether oxygens (including phenoxy) is 1. The molecule has 0 N–H and O–H groups in total. The van der Waals surface area contributed by atoms with Gasteiger partial charge in [0, 0.05) is 24.8 Å². The van der Waals surface area contributed by atoms with Crippen molar-refractivity contribution < 1.29 is 31.9 Å². The largest absolute Gasteiger partial charge is 0.467 e. The molecule has 2 amide bonds. The zero-order valence-electron chi connectivity index (χ0n) is 17.5. The van der Waals surface area contributed by atoms with E-state index in [0.717, 1.165) is 49.9 Å². The van der Waals surface area contributed by atoms with E-state index in [2.05, 4.69) is 0 Å². The van der Waals surface area contributed by atoms with Crippen molar-refractivity contribution in [2.75, 3.05) is 19.7 Å². The number of carbonyl (C=O) groups excluding carboxylic acids is 2. The summed E-state index contributed by atoms with van der Waals surface area (Å²) in [7, 11) is 0. The third kappa shape index (κ3) is 5.51. The third-order valence-corrected chi connectivity index (χ3v) is 5.74. The number of amides is 2. The zero-order chi connectivity index (χ0) is 22.7. The highest BCUT2D eigenvalue weighted by Gasteiger charge is 2.36. The lowest BCUT2D eigenvalue weighted by Gasteiger charge is -2.29. The van der Waals surface area contributed by atoms with Crippen LogP contribution >= 0.6 is 0 Å². The van der Waals surface area contributed by atoms with Gasteiger partial charge in [-0.2, -0.15) is 13.2 Å². The van der Waals surface area contributed by atoms with Crippen molar-refractivity contribution in [3.63, 3.8) is 0 Å². The Morgan fingerprint density at radius 2 is 1.81 bits per heavy atom. The maximum absolute atomic E-state index is 13.2. The van der Waals surface area contributed by atoms with Crippen molar-refractivity contribution in [2.24, 2.45) is 0 Å². The van der Waals surface area contributed by atoms with Gasteiger partial charge in [0.25, 0.3) is 5.91 Å². The summed E-state index contributed by atoms with van der Waals surface area (Å²) < 4.78 is 49.6. The van der Waals surface area contributed by atoms with Crippen LogP contribution in [0.3, 0.4) is 0 Å². The van der Waals surface area contributed by atoms with E-state index < -0.39 is 17.6 Å². The Hall–Kier alpha value is -2.81. The summed E-state index contributed by atoms with van der Waals surface area (Å²) in [6.45, 7) is 1.18. The second-order valence-electron chi connectivity index (χ2n) is 8.23. The molecule has 6 nitrogen and oxygen atoms in total. The van der Waals surface area contributed by atoms with Gasteiger partial charge in [0.05, 0.1) is 24.5 Å². The maximum Gasteiger partial charge on any atom is 0.416 e. The molecule has 4 rings (SSSR count). The molecule has 1 saturated carbocycles. The third-order valence-electron chi connectivity index (χ3n) is 5.74. The molecule has 1 aromatic heterocycles. The van der Waals surface area contributed by atoms with E-state index in [-0.39, 0.29) is 36.7 Å². The molecular formula is C23H25F3N2O4. The first kappa shape index (κ1) is 22.4. The van der Waals surface area contributed by atoms with Crippen molar-refractivity contribution in [1.82, 2.24) is 9.80 Å². The van der Waals surface area contributed by atoms with Gasteiger partial charge in [0.1, 0.15) is 12.3 Å². The van der Waals surface area contributed by atoms with E-state index in [9.17, 15) is 22.8 Å². The average Bonchev–Trinajstić information content (AvgIpc) is 3.22. The first-order valence-electron chi connectivity index (χ1n) is 10.7. The number of furan rings is 1. The van der Waals surface area contributed by atoms with Crippen molar-refractivity contribution in [3.05, 3.63) is 59.5 Å². The van der Waals surface area contributed by atoms with Gasteiger partial charge in [-0.25, -0.2) is 0 Å². The van der Waals surface area contributed by atoms with Crippen LogP contribution < -0.4 is 0 Å². The first-order valence-corrected chi connectivity index (χ1v) is 10.7. The molecule has 1 atom stereocenters. The molecule has 2 heterocycles. The van der Waals surface area contributed by atoms with Gasteiger partial charge in [-0.15, -0.1) is 0 Å². The van der Waals surface area contributed by atoms with Gasteiger partial charge in [-0.1, -0.05) is 0 Å². The van der Waals surface area contributed by atoms with E-state index in [1.165, 1.54) is 11.2 Å². The summed E-state index contributed by atoms with van der Waals surface area (Å²) in [6, 6.07) is 7.55. The fourth-order valence-electron chi connectivity index (χ4n) is 3.85. The zero-order valence-corrected chi connectivity index (χ0v) is 17.5. The maximum atomic E-state index is 13.2. The fourth-order valence-corrected chi connectivity index (χ4v) is 3.85. The summed E-state index contributed by atoms with van der Waals surface area (Å²) >= 11 is 0. The molecule has 32 heavy (non-hydrogen) atoms. The fraction of sp³-hybridized carbons (Fsp3) is 0.478. The second kappa shape index (κ2) is 9.36. The Kier molecular flexibility index (Phi) is 6.55. The highest BCUT2D eigenvalue weighted by atomic mass is 19.4. The summed E-state index contributed by atoms with van der Waals surface area (Å²) in [4.78, 5) is 29.3. The molecule has 1 aliphatic carbocycles. The highest BCUT2D eigenvalue weighted by molar-refractivity contribution is 5.97. The summed E-state index contributed by atoms with van der Waals surface area (Å²) in [6.07, 6.45) is 0.339. The van der Waals surface area contributed by atoms with Crippen LogP contribution in [0, 0.1) is 0 Å². The van der Waals surface area contributed by atoms with E-state index in [0.29, 0.717) is 18.9 Å². The van der Waals surface area contributed by atoms with Gasteiger partial charge in [-0.05, 0) is 62.1 Å². The number of hydrogen-bond acceptors (Lipinski definition) is 4. The minimum Gasteiger partial charge on any atom is -0.467 e. The standard InChI is InChI=1S/C23H25F3N2O4/c24-23(25,26)17-7-5-16(6-8-17)22(30)28(18-9-10-18)15-21(29)27(13-19-3-1-11-31-19)14-20-4-2-12-32-20/h1,3,5-8,11,18,20H,2,4,9-10,12-15H2. The summed E-state index contributed by atoms with van der Waals surface area (Å²) in [5, 5.41) is 0. The van der Waals surface area contributed by atoms with Crippen LogP contribution in [0.15, 0.2) is 47.1 Å². The molecule has 0 spiro atoms. The van der Waals surface area contributed by atoms with Crippen molar-refractivity contribution in [3.8, 4) is 0 Å². The van der Waals surface area contributed by atoms with Crippen LogP contribution in [0.5, 0.6) is 0 Å². The monoisotopic (exact) mass is 450 g/mol. The minimum atomic E-state index is -4.47. The number of nitrogens with zero attached hydrogens (tertiary/aromatic N) is 2. The molecule has 9 heteroatoms. The van der Waals surface area contributed by atoms with Gasteiger partial charge in [0.15, 0.2) is 0 Å². The predicted molar refractivity (Wildman–Crippen MR) is 109 cm³/mol. The van der Waals surface area contributed by atoms with E-state index in [4.69, 9.17) is 9.15 Å². The summed E-state index contributed by atoms with van der Waals surface area (Å²) in [5.41, 5.74) is -0.682. The molecular weight excluding hydrogens is 425 g/mol. The number of rotatable bonds is 8. The molecule has 1 saturated heterocycles. The number of carbonyl (C=O) groups is 2. The topological polar surface area (TPSA) is 63.0 Å². The Labute approximate surface area is 183 Å². The Balaban J connectivity index is 1.47. The number of halogens is 3. The second-order valence-corrected chi connectivity index (χ2v) is 8.23. The van der Waals surface area contributed by atoms with Crippen LogP contribution in [0.1, 0.15) is 47.4 Å². The Bertz CT molecular complexity index is 918.